The Bertz CT molecular complexity index is 815. The predicted molar refractivity (Wildman–Crippen MR) is 119 cm³/mol. The first kappa shape index (κ1) is 22.9. The Kier molecular flexibility index (Phi) is 8.97. The molecule has 166 valence electrons. The van der Waals surface area contributed by atoms with Crippen LogP contribution in [0.3, 0.4) is 0 Å². The first-order chi connectivity index (χ1) is 15.1. The van der Waals surface area contributed by atoms with Crippen molar-refractivity contribution in [2.75, 3.05) is 26.2 Å². The summed E-state index contributed by atoms with van der Waals surface area (Å²) < 4.78 is 0. The van der Waals surface area contributed by atoms with E-state index in [2.05, 4.69) is 22.2 Å². The number of likely N-dealkylation sites (tertiary alicyclic amines) is 1. The number of benzene rings is 1. The first-order valence-electron chi connectivity index (χ1n) is 11.3. The zero-order valence-corrected chi connectivity index (χ0v) is 18.4. The van der Waals surface area contributed by atoms with Gasteiger partial charge in [-0.1, -0.05) is 30.3 Å². The second-order valence-corrected chi connectivity index (χ2v) is 8.31. The summed E-state index contributed by atoms with van der Waals surface area (Å²) in [6.45, 7) is 6.12. The molecule has 1 saturated heterocycles. The highest BCUT2D eigenvalue weighted by molar-refractivity contribution is 5.92. The number of nitrogens with one attached hydrogen (secondary N) is 2. The summed E-state index contributed by atoms with van der Waals surface area (Å²) in [6, 6.07) is 10.5. The van der Waals surface area contributed by atoms with Gasteiger partial charge in [0.2, 0.25) is 5.91 Å². The minimum absolute atomic E-state index is 0.0216. The number of hydrogen-bond donors (Lipinski definition) is 2. The van der Waals surface area contributed by atoms with Crippen molar-refractivity contribution in [3.05, 3.63) is 60.2 Å². The van der Waals surface area contributed by atoms with Crippen molar-refractivity contribution in [2.45, 2.75) is 51.6 Å². The van der Waals surface area contributed by atoms with Crippen LogP contribution in [0.2, 0.25) is 0 Å². The number of carbonyl (C=O) groups excluding carboxylic acids is 2. The summed E-state index contributed by atoms with van der Waals surface area (Å²) in [6.07, 6.45) is 9.72. The molecule has 2 N–H and O–H groups in total. The number of rotatable bonds is 10. The van der Waals surface area contributed by atoms with Gasteiger partial charge in [-0.3, -0.25) is 14.6 Å². The summed E-state index contributed by atoms with van der Waals surface area (Å²) in [5.41, 5.74) is 1.30. The van der Waals surface area contributed by atoms with Gasteiger partial charge in [-0.25, -0.2) is 4.98 Å². The zero-order chi connectivity index (χ0) is 21.9. The average molecular weight is 425 g/mol. The Morgan fingerprint density at radius 3 is 2.77 bits per heavy atom. The quantitative estimate of drug-likeness (QED) is 0.566. The molecule has 1 aliphatic heterocycles. The van der Waals surface area contributed by atoms with E-state index in [4.69, 9.17) is 0 Å². The van der Waals surface area contributed by atoms with E-state index in [1.807, 2.05) is 30.3 Å². The number of aromatic nitrogens is 2. The summed E-state index contributed by atoms with van der Waals surface area (Å²) >= 11 is 0. The molecule has 1 aromatic carbocycles. The molecular formula is C24H34N5O2+. The third kappa shape index (κ3) is 7.43. The van der Waals surface area contributed by atoms with E-state index in [0.717, 1.165) is 24.6 Å². The largest absolute Gasteiger partial charge is 0.356 e. The molecule has 0 aliphatic carbocycles. The fraction of sp³-hybridized carbons (Fsp3) is 0.500. The molecule has 0 saturated carbocycles. The van der Waals surface area contributed by atoms with E-state index >= 15 is 0 Å². The van der Waals surface area contributed by atoms with Gasteiger partial charge < -0.3 is 15.1 Å². The molecule has 1 fully saturated rings. The second-order valence-electron chi connectivity index (χ2n) is 8.31. The van der Waals surface area contributed by atoms with Gasteiger partial charge in [-0.05, 0) is 31.7 Å². The molecule has 2 amide bonds. The molecule has 3 rings (SSSR count). The zero-order valence-electron chi connectivity index (χ0n) is 18.4. The summed E-state index contributed by atoms with van der Waals surface area (Å²) in [5.74, 6) is -0.237. The lowest BCUT2D eigenvalue weighted by atomic mass is 10.0. The highest BCUT2D eigenvalue weighted by Gasteiger charge is 2.21. The highest BCUT2D eigenvalue weighted by atomic mass is 16.2. The van der Waals surface area contributed by atoms with Gasteiger partial charge in [0.1, 0.15) is 5.69 Å². The van der Waals surface area contributed by atoms with Crippen LogP contribution in [-0.4, -0.2) is 58.9 Å². The molecule has 1 unspecified atom stereocenters. The number of amides is 2. The van der Waals surface area contributed by atoms with E-state index in [1.54, 1.807) is 9.80 Å². The van der Waals surface area contributed by atoms with Gasteiger partial charge in [0.25, 0.3) is 5.91 Å². The lowest BCUT2D eigenvalue weighted by Crippen LogP contribution is -3.16. The fourth-order valence-corrected chi connectivity index (χ4v) is 4.12. The molecule has 7 nitrogen and oxygen atoms in total. The Morgan fingerprint density at radius 1 is 1.19 bits per heavy atom. The minimum Gasteiger partial charge on any atom is -0.356 e. The van der Waals surface area contributed by atoms with Gasteiger partial charge >= 0.3 is 0 Å². The summed E-state index contributed by atoms with van der Waals surface area (Å²) in [7, 11) is 0. The number of hydrogen-bond acceptors (Lipinski definition) is 4. The molecule has 7 heteroatoms. The van der Waals surface area contributed by atoms with Gasteiger partial charge in [0.15, 0.2) is 0 Å². The maximum absolute atomic E-state index is 12.9. The van der Waals surface area contributed by atoms with Crippen molar-refractivity contribution in [3.8, 4) is 0 Å². The lowest BCUT2D eigenvalue weighted by molar-refractivity contribution is -0.928. The molecule has 0 radical (unpaired) electrons. The van der Waals surface area contributed by atoms with Crippen molar-refractivity contribution in [2.24, 2.45) is 0 Å². The summed E-state index contributed by atoms with van der Waals surface area (Å²) in [4.78, 5) is 36.7. The van der Waals surface area contributed by atoms with E-state index in [1.165, 1.54) is 44.4 Å². The predicted octanol–water partition coefficient (Wildman–Crippen LogP) is 1.47. The first-order valence-corrected chi connectivity index (χ1v) is 11.3. The Hall–Kier alpha value is -2.80. The van der Waals surface area contributed by atoms with Crippen LogP contribution in [0.4, 0.5) is 0 Å². The SMILES string of the molecule is C[C@@H]1CCCC[NH+]1CCCNC(=O)CCN(Cc1ccccc1)C(=O)c1cnccn1. The standard InChI is InChI=1S/C24H33N5O2/c1-20-8-5-6-15-28(20)16-7-12-27-23(30)11-17-29(19-21-9-3-2-4-10-21)24(31)22-18-25-13-14-26-22/h2-4,9-10,13-14,18,20H,5-8,11-12,15-17,19H2,1H3,(H,27,30)/p+1/t20-/m1/s1. The minimum atomic E-state index is -0.215. The molecule has 1 aromatic heterocycles. The fourth-order valence-electron chi connectivity index (χ4n) is 4.12. The van der Waals surface area contributed by atoms with Gasteiger partial charge in [-0.2, -0.15) is 0 Å². The number of nitrogens with zero attached hydrogens (tertiary/aromatic N) is 3. The molecule has 2 aromatic rings. The topological polar surface area (TPSA) is 79.6 Å². The Labute approximate surface area is 184 Å². The number of quaternary nitrogens is 1. The monoisotopic (exact) mass is 424 g/mol. The van der Waals surface area contributed by atoms with E-state index in [0.29, 0.717) is 19.6 Å². The Balaban J connectivity index is 1.47. The third-order valence-electron chi connectivity index (χ3n) is 5.97. The van der Waals surface area contributed by atoms with Crippen LogP contribution >= 0.6 is 0 Å². The van der Waals surface area contributed by atoms with Crippen LogP contribution in [-0.2, 0) is 11.3 Å². The molecule has 2 atom stereocenters. The smallest absolute Gasteiger partial charge is 0.274 e. The van der Waals surface area contributed by atoms with Gasteiger partial charge in [0.05, 0.1) is 25.3 Å². The normalized spacial score (nSPS) is 18.4. The molecule has 1 aliphatic rings. The maximum atomic E-state index is 12.9. The molecule has 0 bridgehead atoms. The van der Waals surface area contributed by atoms with E-state index < -0.39 is 0 Å². The maximum Gasteiger partial charge on any atom is 0.274 e. The third-order valence-corrected chi connectivity index (χ3v) is 5.97. The highest BCUT2D eigenvalue weighted by Crippen LogP contribution is 2.09. The van der Waals surface area contributed by atoms with Gasteiger partial charge in [0, 0.05) is 44.9 Å². The van der Waals surface area contributed by atoms with E-state index in [-0.39, 0.29) is 23.9 Å². The Morgan fingerprint density at radius 2 is 2.03 bits per heavy atom. The number of piperidine rings is 1. The van der Waals surface area contributed by atoms with Crippen molar-refractivity contribution in [3.63, 3.8) is 0 Å². The lowest BCUT2D eigenvalue weighted by Gasteiger charge is -2.30. The van der Waals surface area contributed by atoms with E-state index in [9.17, 15) is 9.59 Å². The molecular weight excluding hydrogens is 390 g/mol. The number of carbonyl (C=O) groups is 2. The van der Waals surface area contributed by atoms with Crippen molar-refractivity contribution in [1.82, 2.24) is 20.2 Å². The van der Waals surface area contributed by atoms with Gasteiger partial charge in [-0.15, -0.1) is 0 Å². The average Bonchev–Trinajstić information content (AvgIpc) is 2.81. The second kappa shape index (κ2) is 12.2. The van der Waals surface area contributed by atoms with Crippen LogP contribution in [0.15, 0.2) is 48.9 Å². The van der Waals surface area contributed by atoms with Crippen molar-refractivity contribution >= 4 is 11.8 Å². The van der Waals surface area contributed by atoms with Crippen molar-refractivity contribution in [1.29, 1.82) is 0 Å². The molecule has 0 spiro atoms. The van der Waals surface area contributed by atoms with Crippen LogP contribution < -0.4 is 10.2 Å². The van der Waals surface area contributed by atoms with Crippen LogP contribution in [0.5, 0.6) is 0 Å². The van der Waals surface area contributed by atoms with Crippen LogP contribution in [0.1, 0.15) is 55.1 Å². The van der Waals surface area contributed by atoms with Crippen LogP contribution in [0.25, 0.3) is 0 Å². The molecule has 31 heavy (non-hydrogen) atoms. The van der Waals surface area contributed by atoms with Crippen molar-refractivity contribution < 1.29 is 14.5 Å². The van der Waals surface area contributed by atoms with Crippen LogP contribution in [0, 0.1) is 0 Å². The molecule has 2 heterocycles. The summed E-state index contributed by atoms with van der Waals surface area (Å²) in [5, 5.41) is 3.02.